The number of rotatable bonds is 6. The summed E-state index contributed by atoms with van der Waals surface area (Å²) in [5, 5.41) is 0. The summed E-state index contributed by atoms with van der Waals surface area (Å²) in [4.78, 5) is 2.37. The maximum absolute atomic E-state index is 5.58. The lowest BCUT2D eigenvalue weighted by Crippen LogP contribution is -2.42. The van der Waals surface area contributed by atoms with E-state index in [1.807, 2.05) is 18.3 Å². The van der Waals surface area contributed by atoms with E-state index in [-0.39, 0.29) is 0 Å². The summed E-state index contributed by atoms with van der Waals surface area (Å²) in [7, 11) is 3.48. The highest BCUT2D eigenvalue weighted by molar-refractivity contribution is 5.50. The molecule has 0 saturated heterocycles. The minimum absolute atomic E-state index is 0.447. The Morgan fingerprint density at radius 2 is 1.82 bits per heavy atom. The van der Waals surface area contributed by atoms with Crippen LogP contribution in [0.25, 0.3) is 0 Å². The lowest BCUT2D eigenvalue weighted by atomic mass is 9.79. The van der Waals surface area contributed by atoms with E-state index in [0.717, 1.165) is 37.3 Å². The lowest BCUT2D eigenvalue weighted by molar-refractivity contribution is 0.194. The number of hydrogen-bond acceptors (Lipinski definition) is 3. The molecule has 0 fully saturated rings. The molecule has 3 nitrogen and oxygen atoms in total. The number of benzene rings is 1. The van der Waals surface area contributed by atoms with Crippen LogP contribution < -0.4 is 9.47 Å². The molecule has 0 amide bonds. The summed E-state index contributed by atoms with van der Waals surface area (Å²) in [6.07, 6.45) is 5.09. The largest absolute Gasteiger partial charge is 0.496 e. The molecule has 1 aromatic rings. The SMILES string of the molecule is C=C=CN(CCC)C1Cc2c(OC)ccc(OC)c2CC1C. The van der Waals surface area contributed by atoms with E-state index in [4.69, 9.17) is 9.47 Å². The molecule has 0 spiro atoms. The van der Waals surface area contributed by atoms with Crippen molar-refractivity contribution in [3.05, 3.63) is 41.8 Å². The van der Waals surface area contributed by atoms with Gasteiger partial charge in [0.25, 0.3) is 0 Å². The van der Waals surface area contributed by atoms with Gasteiger partial charge in [0, 0.05) is 29.9 Å². The molecule has 1 aliphatic carbocycles. The van der Waals surface area contributed by atoms with E-state index in [9.17, 15) is 0 Å². The molecule has 1 aliphatic rings. The zero-order valence-corrected chi connectivity index (χ0v) is 14.2. The average Bonchev–Trinajstić information content (AvgIpc) is 2.53. The van der Waals surface area contributed by atoms with Gasteiger partial charge in [-0.3, -0.25) is 0 Å². The van der Waals surface area contributed by atoms with Gasteiger partial charge in [-0.25, -0.2) is 0 Å². The van der Waals surface area contributed by atoms with Gasteiger partial charge >= 0.3 is 0 Å². The van der Waals surface area contributed by atoms with Crippen molar-refractivity contribution >= 4 is 0 Å². The Hall–Kier alpha value is -1.86. The van der Waals surface area contributed by atoms with Gasteiger partial charge in [-0.15, -0.1) is 5.73 Å². The molecule has 0 aliphatic heterocycles. The van der Waals surface area contributed by atoms with E-state index in [0.29, 0.717) is 12.0 Å². The van der Waals surface area contributed by atoms with Gasteiger partial charge in [0.15, 0.2) is 0 Å². The normalized spacial score (nSPS) is 19.8. The van der Waals surface area contributed by atoms with Gasteiger partial charge in [-0.1, -0.05) is 20.4 Å². The molecular weight excluding hydrogens is 274 g/mol. The lowest BCUT2D eigenvalue weighted by Gasteiger charge is -2.39. The predicted octanol–water partition coefficient (Wildman–Crippen LogP) is 3.82. The smallest absolute Gasteiger partial charge is 0.122 e. The Morgan fingerprint density at radius 3 is 2.32 bits per heavy atom. The van der Waals surface area contributed by atoms with Crippen molar-refractivity contribution in [3.8, 4) is 11.5 Å². The number of ether oxygens (including phenoxy) is 2. The second-order valence-electron chi connectivity index (χ2n) is 5.95. The second kappa shape index (κ2) is 7.42. The fourth-order valence-corrected chi connectivity index (χ4v) is 3.49. The first-order valence-corrected chi connectivity index (χ1v) is 8.00. The Kier molecular flexibility index (Phi) is 5.57. The van der Waals surface area contributed by atoms with Crippen LogP contribution in [-0.2, 0) is 12.8 Å². The molecule has 0 saturated carbocycles. The molecule has 0 aromatic heterocycles. The molecule has 3 heteroatoms. The minimum Gasteiger partial charge on any atom is -0.496 e. The van der Waals surface area contributed by atoms with Crippen molar-refractivity contribution in [3.63, 3.8) is 0 Å². The summed E-state index contributed by atoms with van der Waals surface area (Å²) >= 11 is 0. The van der Waals surface area contributed by atoms with Crippen molar-refractivity contribution in [1.29, 1.82) is 0 Å². The molecule has 0 N–H and O–H groups in total. The Balaban J connectivity index is 2.40. The monoisotopic (exact) mass is 301 g/mol. The molecule has 2 unspecified atom stereocenters. The fraction of sp³-hybridized carbons (Fsp3) is 0.526. The highest BCUT2D eigenvalue weighted by Crippen LogP contribution is 2.39. The first-order chi connectivity index (χ1) is 10.7. The van der Waals surface area contributed by atoms with Gasteiger partial charge in [0.2, 0.25) is 0 Å². The third kappa shape index (κ3) is 3.15. The van der Waals surface area contributed by atoms with Crippen molar-refractivity contribution in [2.24, 2.45) is 5.92 Å². The Labute approximate surface area is 134 Å². The summed E-state index contributed by atoms with van der Waals surface area (Å²) < 4.78 is 11.1. The standard InChI is InChI=1S/C19H27NO2/c1-6-10-20(11-7-2)17-13-16-15(12-14(17)3)18(21-4)8-9-19(16)22-5/h8-10,14,17H,1,7,11-13H2,2-5H3. The van der Waals surface area contributed by atoms with Crippen LogP contribution >= 0.6 is 0 Å². The summed E-state index contributed by atoms with van der Waals surface area (Å²) in [6.45, 7) is 9.28. The number of hydrogen-bond donors (Lipinski definition) is 0. The summed E-state index contributed by atoms with van der Waals surface area (Å²) in [5.41, 5.74) is 5.52. The van der Waals surface area contributed by atoms with E-state index in [1.54, 1.807) is 14.2 Å². The minimum atomic E-state index is 0.447. The molecule has 1 aromatic carbocycles. The molecular formula is C19H27NO2. The molecule has 0 radical (unpaired) electrons. The van der Waals surface area contributed by atoms with Gasteiger partial charge in [0.05, 0.1) is 14.2 Å². The van der Waals surface area contributed by atoms with Crippen LogP contribution in [0.15, 0.2) is 30.6 Å². The zero-order chi connectivity index (χ0) is 16.1. The molecule has 22 heavy (non-hydrogen) atoms. The molecule has 2 rings (SSSR count). The molecule has 0 heterocycles. The zero-order valence-electron chi connectivity index (χ0n) is 14.2. The number of nitrogens with zero attached hydrogens (tertiary/aromatic N) is 1. The first-order valence-electron chi connectivity index (χ1n) is 8.00. The maximum Gasteiger partial charge on any atom is 0.122 e. The predicted molar refractivity (Wildman–Crippen MR) is 90.6 cm³/mol. The second-order valence-corrected chi connectivity index (χ2v) is 5.95. The van der Waals surface area contributed by atoms with Crippen LogP contribution in [0.1, 0.15) is 31.4 Å². The third-order valence-corrected chi connectivity index (χ3v) is 4.55. The maximum atomic E-state index is 5.58. The fourth-order valence-electron chi connectivity index (χ4n) is 3.49. The van der Waals surface area contributed by atoms with Gasteiger partial charge in [-0.2, -0.15) is 0 Å². The third-order valence-electron chi connectivity index (χ3n) is 4.55. The van der Waals surface area contributed by atoms with E-state index in [1.165, 1.54) is 11.1 Å². The van der Waals surface area contributed by atoms with Crippen LogP contribution in [-0.4, -0.2) is 31.7 Å². The van der Waals surface area contributed by atoms with Gasteiger partial charge in [0.1, 0.15) is 11.5 Å². The highest BCUT2D eigenvalue weighted by atomic mass is 16.5. The Morgan fingerprint density at radius 1 is 1.23 bits per heavy atom. The first kappa shape index (κ1) is 16.5. The number of fused-ring (bicyclic) bond motifs is 1. The van der Waals surface area contributed by atoms with E-state index in [2.05, 4.69) is 31.1 Å². The van der Waals surface area contributed by atoms with Crippen molar-refractivity contribution < 1.29 is 9.47 Å². The average molecular weight is 301 g/mol. The van der Waals surface area contributed by atoms with Crippen molar-refractivity contribution in [2.75, 3.05) is 20.8 Å². The van der Waals surface area contributed by atoms with Crippen molar-refractivity contribution in [2.45, 2.75) is 39.2 Å². The molecule has 2 atom stereocenters. The van der Waals surface area contributed by atoms with E-state index >= 15 is 0 Å². The van der Waals surface area contributed by atoms with Crippen molar-refractivity contribution in [1.82, 2.24) is 4.90 Å². The quantitative estimate of drug-likeness (QED) is 0.746. The van der Waals surface area contributed by atoms with Crippen LogP contribution in [0.2, 0.25) is 0 Å². The van der Waals surface area contributed by atoms with Crippen LogP contribution in [0.4, 0.5) is 0 Å². The van der Waals surface area contributed by atoms with Crippen LogP contribution in [0.5, 0.6) is 11.5 Å². The molecule has 120 valence electrons. The highest BCUT2D eigenvalue weighted by Gasteiger charge is 2.32. The van der Waals surface area contributed by atoms with Crippen LogP contribution in [0.3, 0.4) is 0 Å². The van der Waals surface area contributed by atoms with Gasteiger partial charge < -0.3 is 14.4 Å². The van der Waals surface area contributed by atoms with Gasteiger partial charge in [-0.05, 0) is 37.3 Å². The van der Waals surface area contributed by atoms with E-state index < -0.39 is 0 Å². The topological polar surface area (TPSA) is 21.7 Å². The summed E-state index contributed by atoms with van der Waals surface area (Å²) in [6, 6.07) is 4.47. The number of methoxy groups -OCH3 is 2. The summed E-state index contributed by atoms with van der Waals surface area (Å²) in [5.74, 6) is 2.48. The van der Waals surface area contributed by atoms with Crippen LogP contribution in [0, 0.1) is 5.92 Å². The molecule has 0 bridgehead atoms. The Bertz CT molecular complexity index is 561.